The van der Waals surface area contributed by atoms with Crippen molar-refractivity contribution in [1.29, 1.82) is 0 Å². The standard InChI is InChI=1S/C11H18/c1-3-8-7-9-4-2-6-11(9)10(8)5-1/h8-11H,1-7H2/t8-,9+,10-,11+. The van der Waals surface area contributed by atoms with Crippen molar-refractivity contribution >= 4 is 0 Å². The zero-order valence-corrected chi connectivity index (χ0v) is 7.26. The highest BCUT2D eigenvalue weighted by molar-refractivity contribution is 4.96. The highest BCUT2D eigenvalue weighted by atomic mass is 14.5. The van der Waals surface area contributed by atoms with E-state index in [1.807, 2.05) is 0 Å². The summed E-state index contributed by atoms with van der Waals surface area (Å²) in [4.78, 5) is 0. The molecule has 0 heteroatoms. The molecule has 0 aromatic carbocycles. The van der Waals surface area contributed by atoms with Crippen molar-refractivity contribution < 1.29 is 0 Å². The average Bonchev–Trinajstić information content (AvgIpc) is 2.52. The summed E-state index contributed by atoms with van der Waals surface area (Å²) < 4.78 is 0. The fourth-order valence-electron chi connectivity index (χ4n) is 4.23. The summed E-state index contributed by atoms with van der Waals surface area (Å²) >= 11 is 0. The Morgan fingerprint density at radius 1 is 0.636 bits per heavy atom. The van der Waals surface area contributed by atoms with Crippen LogP contribution < -0.4 is 0 Å². The third-order valence-electron chi connectivity index (χ3n) is 4.59. The largest absolute Gasteiger partial charge is 0.0527 e. The monoisotopic (exact) mass is 150 g/mol. The van der Waals surface area contributed by atoms with Crippen LogP contribution in [-0.4, -0.2) is 0 Å². The van der Waals surface area contributed by atoms with E-state index in [-0.39, 0.29) is 0 Å². The fourth-order valence-corrected chi connectivity index (χ4v) is 4.23. The van der Waals surface area contributed by atoms with E-state index in [1.54, 1.807) is 44.9 Å². The third-order valence-corrected chi connectivity index (χ3v) is 4.59. The average molecular weight is 150 g/mol. The molecule has 0 heterocycles. The topological polar surface area (TPSA) is 0 Å². The molecule has 3 aliphatic rings. The Labute approximate surface area is 69.4 Å². The third kappa shape index (κ3) is 0.816. The van der Waals surface area contributed by atoms with Crippen LogP contribution in [-0.2, 0) is 0 Å². The molecule has 0 spiro atoms. The van der Waals surface area contributed by atoms with Gasteiger partial charge < -0.3 is 0 Å². The van der Waals surface area contributed by atoms with Crippen molar-refractivity contribution in [3.05, 3.63) is 0 Å². The second-order valence-electron chi connectivity index (χ2n) is 4.95. The van der Waals surface area contributed by atoms with Gasteiger partial charge in [-0.1, -0.05) is 25.7 Å². The Hall–Kier alpha value is 0. The highest BCUT2D eigenvalue weighted by Gasteiger charge is 2.46. The Balaban J connectivity index is 1.84. The zero-order valence-electron chi connectivity index (χ0n) is 7.26. The molecule has 0 amide bonds. The second kappa shape index (κ2) is 2.24. The first-order chi connectivity index (χ1) is 5.45. The van der Waals surface area contributed by atoms with E-state index in [1.165, 1.54) is 23.7 Å². The molecule has 3 fully saturated rings. The molecule has 0 saturated heterocycles. The molecule has 4 atom stereocenters. The van der Waals surface area contributed by atoms with E-state index in [2.05, 4.69) is 0 Å². The molecule has 0 aromatic heterocycles. The Morgan fingerprint density at radius 2 is 1.18 bits per heavy atom. The molecule has 0 aliphatic heterocycles. The Bertz CT molecular complexity index is 143. The zero-order chi connectivity index (χ0) is 7.26. The van der Waals surface area contributed by atoms with E-state index >= 15 is 0 Å². The normalized spacial score (nSPS) is 54.5. The van der Waals surface area contributed by atoms with E-state index in [0.717, 1.165) is 0 Å². The van der Waals surface area contributed by atoms with Gasteiger partial charge in [0, 0.05) is 0 Å². The summed E-state index contributed by atoms with van der Waals surface area (Å²) in [6.45, 7) is 0. The van der Waals surface area contributed by atoms with Crippen LogP contribution in [0.3, 0.4) is 0 Å². The maximum absolute atomic E-state index is 1.62. The summed E-state index contributed by atoms with van der Waals surface area (Å²) in [5.41, 5.74) is 0. The minimum Gasteiger partial charge on any atom is -0.0527 e. The lowest BCUT2D eigenvalue weighted by Gasteiger charge is -2.15. The van der Waals surface area contributed by atoms with Crippen LogP contribution in [0.1, 0.15) is 44.9 Å². The molecule has 0 N–H and O–H groups in total. The van der Waals surface area contributed by atoms with Crippen LogP contribution in [0.25, 0.3) is 0 Å². The van der Waals surface area contributed by atoms with Gasteiger partial charge in [-0.05, 0) is 42.9 Å². The van der Waals surface area contributed by atoms with Gasteiger partial charge in [-0.2, -0.15) is 0 Å². The molecule has 0 nitrogen and oxygen atoms in total. The summed E-state index contributed by atoms with van der Waals surface area (Å²) in [7, 11) is 0. The number of fused-ring (bicyclic) bond motifs is 3. The van der Waals surface area contributed by atoms with Gasteiger partial charge in [-0.25, -0.2) is 0 Å². The lowest BCUT2D eigenvalue weighted by Crippen LogP contribution is -2.08. The minimum atomic E-state index is 1.19. The summed E-state index contributed by atoms with van der Waals surface area (Å²) in [6.07, 6.45) is 11.1. The number of rotatable bonds is 0. The van der Waals surface area contributed by atoms with Crippen molar-refractivity contribution in [2.45, 2.75) is 44.9 Å². The van der Waals surface area contributed by atoms with E-state index in [9.17, 15) is 0 Å². The van der Waals surface area contributed by atoms with Gasteiger partial charge in [0.05, 0.1) is 0 Å². The molecule has 0 radical (unpaired) electrons. The quantitative estimate of drug-likeness (QED) is 0.497. The minimum absolute atomic E-state index is 1.19. The highest BCUT2D eigenvalue weighted by Crippen LogP contribution is 2.56. The molecule has 0 unspecified atom stereocenters. The lowest BCUT2D eigenvalue weighted by atomic mass is 9.90. The van der Waals surface area contributed by atoms with Crippen LogP contribution in [0.15, 0.2) is 0 Å². The summed E-state index contributed by atoms with van der Waals surface area (Å²) in [6, 6.07) is 0. The van der Waals surface area contributed by atoms with Crippen LogP contribution in [0, 0.1) is 23.7 Å². The van der Waals surface area contributed by atoms with E-state index in [0.29, 0.717) is 0 Å². The first-order valence-corrected chi connectivity index (χ1v) is 5.45. The Kier molecular flexibility index (Phi) is 1.33. The van der Waals surface area contributed by atoms with Crippen molar-refractivity contribution in [1.82, 2.24) is 0 Å². The van der Waals surface area contributed by atoms with Crippen molar-refractivity contribution in [2.75, 3.05) is 0 Å². The molecule has 62 valence electrons. The van der Waals surface area contributed by atoms with Gasteiger partial charge in [0.2, 0.25) is 0 Å². The van der Waals surface area contributed by atoms with E-state index in [4.69, 9.17) is 0 Å². The molecule has 11 heavy (non-hydrogen) atoms. The van der Waals surface area contributed by atoms with Gasteiger partial charge >= 0.3 is 0 Å². The van der Waals surface area contributed by atoms with Gasteiger partial charge in [0.1, 0.15) is 0 Å². The van der Waals surface area contributed by atoms with Crippen LogP contribution in [0.4, 0.5) is 0 Å². The predicted molar refractivity (Wildman–Crippen MR) is 46.3 cm³/mol. The van der Waals surface area contributed by atoms with Gasteiger partial charge in [0.15, 0.2) is 0 Å². The molecule has 3 rings (SSSR count). The first kappa shape index (κ1) is 6.51. The molecular formula is C11H18. The van der Waals surface area contributed by atoms with Crippen LogP contribution in [0.5, 0.6) is 0 Å². The first-order valence-electron chi connectivity index (χ1n) is 5.45. The Morgan fingerprint density at radius 3 is 1.73 bits per heavy atom. The smallest absolute Gasteiger partial charge is 0.0355 e. The number of hydrogen-bond acceptors (Lipinski definition) is 0. The van der Waals surface area contributed by atoms with Crippen LogP contribution >= 0.6 is 0 Å². The second-order valence-corrected chi connectivity index (χ2v) is 4.95. The molecule has 0 bridgehead atoms. The van der Waals surface area contributed by atoms with Crippen molar-refractivity contribution in [3.8, 4) is 0 Å². The number of hydrogen-bond donors (Lipinski definition) is 0. The lowest BCUT2D eigenvalue weighted by molar-refractivity contribution is 0.334. The SMILES string of the molecule is C1C[C@@H]2C[C@@H]3CCC[C@@H]3[C@@H]2C1. The predicted octanol–water partition coefficient (Wildman–Crippen LogP) is 3.22. The summed E-state index contributed by atoms with van der Waals surface area (Å²) in [5.74, 6) is 4.76. The van der Waals surface area contributed by atoms with Gasteiger partial charge in [-0.15, -0.1) is 0 Å². The molecular weight excluding hydrogens is 132 g/mol. The van der Waals surface area contributed by atoms with Gasteiger partial charge in [-0.3, -0.25) is 0 Å². The van der Waals surface area contributed by atoms with E-state index < -0.39 is 0 Å². The molecule has 3 aliphatic carbocycles. The summed E-state index contributed by atoms with van der Waals surface area (Å²) in [5, 5.41) is 0. The molecule has 0 aromatic rings. The van der Waals surface area contributed by atoms with Gasteiger partial charge in [0.25, 0.3) is 0 Å². The van der Waals surface area contributed by atoms with Crippen LogP contribution in [0.2, 0.25) is 0 Å². The fraction of sp³-hybridized carbons (Fsp3) is 1.00. The maximum Gasteiger partial charge on any atom is -0.0355 e. The molecule has 3 saturated carbocycles. The van der Waals surface area contributed by atoms with Crippen molar-refractivity contribution in [3.63, 3.8) is 0 Å². The van der Waals surface area contributed by atoms with Crippen molar-refractivity contribution in [2.24, 2.45) is 23.7 Å². The maximum atomic E-state index is 1.62.